The lowest BCUT2D eigenvalue weighted by Gasteiger charge is -2.30. The van der Waals surface area contributed by atoms with Gasteiger partial charge in [-0.15, -0.1) is 0 Å². The molecule has 4 nitrogen and oxygen atoms in total. The van der Waals surface area contributed by atoms with Gasteiger partial charge in [0.1, 0.15) is 5.01 Å². The topological polar surface area (TPSA) is 50.7 Å². The van der Waals surface area contributed by atoms with Gasteiger partial charge in [0.15, 0.2) is 10.5 Å². The molecular weight excluding hydrogens is 232 g/mol. The van der Waals surface area contributed by atoms with Gasteiger partial charge in [0.05, 0.1) is 0 Å². The molecule has 17 heavy (non-hydrogen) atoms. The van der Waals surface area contributed by atoms with Crippen LogP contribution in [-0.4, -0.2) is 28.0 Å². The molecule has 1 N–H and O–H groups in total. The van der Waals surface area contributed by atoms with Crippen molar-refractivity contribution in [2.45, 2.75) is 25.7 Å². The molecule has 0 bridgehead atoms. The van der Waals surface area contributed by atoms with Crippen molar-refractivity contribution in [3.8, 4) is 0 Å². The molecule has 3 heterocycles. The molecule has 0 amide bonds. The zero-order chi connectivity index (χ0) is 11.9. The van der Waals surface area contributed by atoms with Crippen LogP contribution in [0.25, 0.3) is 10.5 Å². The van der Waals surface area contributed by atoms with Crippen LogP contribution in [0.3, 0.4) is 0 Å². The number of aromatic nitrogens is 3. The Morgan fingerprint density at radius 1 is 1.35 bits per heavy atom. The molecule has 1 unspecified atom stereocenters. The summed E-state index contributed by atoms with van der Waals surface area (Å²) >= 11 is 1.70. The number of fused-ring (bicyclic) bond motifs is 1. The number of nitrogens with zero attached hydrogens (tertiary/aromatic N) is 3. The first kappa shape index (κ1) is 11.0. The molecule has 3 rings (SSSR count). The fourth-order valence-corrected chi connectivity index (χ4v) is 3.76. The van der Waals surface area contributed by atoms with Gasteiger partial charge in [-0.05, 0) is 18.9 Å². The summed E-state index contributed by atoms with van der Waals surface area (Å²) < 4.78 is 0. The highest BCUT2D eigenvalue weighted by molar-refractivity contribution is 7.18. The summed E-state index contributed by atoms with van der Waals surface area (Å²) in [5.74, 6) is 0.582. The highest BCUT2D eigenvalue weighted by Gasteiger charge is 2.41. The Balaban J connectivity index is 2.12. The number of nitrogens with one attached hydrogen (secondary N) is 1. The maximum Gasteiger partial charge on any atom is 0.189 e. The SMILES string of the molecule is CC(C)C1(c2nc3nccnc3s2)CCNC1. The zero-order valence-corrected chi connectivity index (χ0v) is 10.9. The summed E-state index contributed by atoms with van der Waals surface area (Å²) in [6, 6.07) is 0. The van der Waals surface area contributed by atoms with Gasteiger partial charge in [0.25, 0.3) is 0 Å². The largest absolute Gasteiger partial charge is 0.316 e. The van der Waals surface area contributed by atoms with Crippen molar-refractivity contribution in [1.29, 1.82) is 0 Å². The van der Waals surface area contributed by atoms with Crippen molar-refractivity contribution in [1.82, 2.24) is 20.3 Å². The molecule has 1 aliphatic heterocycles. The number of hydrogen-bond acceptors (Lipinski definition) is 5. The van der Waals surface area contributed by atoms with E-state index in [-0.39, 0.29) is 5.41 Å². The maximum atomic E-state index is 4.69. The molecule has 0 radical (unpaired) electrons. The molecule has 2 aromatic rings. The summed E-state index contributed by atoms with van der Waals surface area (Å²) in [5, 5.41) is 4.66. The molecule has 2 aromatic heterocycles. The van der Waals surface area contributed by atoms with Crippen LogP contribution in [-0.2, 0) is 5.41 Å². The summed E-state index contributed by atoms with van der Waals surface area (Å²) in [5.41, 5.74) is 0.965. The van der Waals surface area contributed by atoms with E-state index in [0.717, 1.165) is 30.0 Å². The maximum absolute atomic E-state index is 4.69. The van der Waals surface area contributed by atoms with Crippen LogP contribution in [0.15, 0.2) is 12.4 Å². The summed E-state index contributed by atoms with van der Waals surface area (Å²) in [7, 11) is 0. The first-order valence-corrected chi connectivity index (χ1v) is 6.83. The predicted octanol–water partition coefficient (Wildman–Crippen LogP) is 1.97. The van der Waals surface area contributed by atoms with E-state index in [4.69, 9.17) is 4.98 Å². The molecule has 1 fully saturated rings. The second-order valence-electron chi connectivity index (χ2n) is 4.94. The van der Waals surface area contributed by atoms with Gasteiger partial charge in [-0.2, -0.15) is 0 Å². The molecular formula is C12H16N4S. The van der Waals surface area contributed by atoms with Gasteiger partial charge in [-0.1, -0.05) is 25.2 Å². The van der Waals surface area contributed by atoms with Crippen molar-refractivity contribution in [3.63, 3.8) is 0 Å². The highest BCUT2D eigenvalue weighted by atomic mass is 32.1. The van der Waals surface area contributed by atoms with Crippen molar-refractivity contribution in [2.24, 2.45) is 5.92 Å². The number of rotatable bonds is 2. The van der Waals surface area contributed by atoms with E-state index in [9.17, 15) is 0 Å². The van der Waals surface area contributed by atoms with E-state index in [1.165, 1.54) is 5.01 Å². The highest BCUT2D eigenvalue weighted by Crippen LogP contribution is 2.40. The third-order valence-corrected chi connectivity index (χ3v) is 4.94. The summed E-state index contributed by atoms with van der Waals surface area (Å²) in [6.07, 6.45) is 4.60. The van der Waals surface area contributed by atoms with Gasteiger partial charge in [-0.3, -0.25) is 0 Å². The van der Waals surface area contributed by atoms with Gasteiger partial charge >= 0.3 is 0 Å². The van der Waals surface area contributed by atoms with Crippen LogP contribution in [0, 0.1) is 5.92 Å². The molecule has 0 spiro atoms. The van der Waals surface area contributed by atoms with Crippen LogP contribution >= 0.6 is 11.3 Å². The predicted molar refractivity (Wildman–Crippen MR) is 69.2 cm³/mol. The fourth-order valence-electron chi connectivity index (χ4n) is 2.52. The minimum absolute atomic E-state index is 0.174. The second-order valence-corrected chi connectivity index (χ2v) is 5.92. The Kier molecular flexibility index (Phi) is 2.60. The Morgan fingerprint density at radius 2 is 2.18 bits per heavy atom. The summed E-state index contributed by atoms with van der Waals surface area (Å²) in [4.78, 5) is 14.3. The van der Waals surface area contributed by atoms with Gasteiger partial charge in [-0.25, -0.2) is 15.0 Å². The van der Waals surface area contributed by atoms with Crippen LogP contribution in [0.4, 0.5) is 0 Å². The van der Waals surface area contributed by atoms with Crippen LogP contribution in [0.1, 0.15) is 25.3 Å². The minimum atomic E-state index is 0.174. The van der Waals surface area contributed by atoms with Crippen LogP contribution in [0.5, 0.6) is 0 Å². The smallest absolute Gasteiger partial charge is 0.189 e. The molecule has 1 aliphatic rings. The Bertz CT molecular complexity index is 495. The first-order chi connectivity index (χ1) is 8.22. The van der Waals surface area contributed by atoms with Crippen molar-refractivity contribution in [3.05, 3.63) is 17.4 Å². The Labute approximate surface area is 105 Å². The van der Waals surface area contributed by atoms with E-state index in [1.807, 2.05) is 0 Å². The molecule has 0 aromatic carbocycles. The average molecular weight is 248 g/mol. The van der Waals surface area contributed by atoms with E-state index in [1.54, 1.807) is 23.7 Å². The second kappa shape index (κ2) is 3.99. The quantitative estimate of drug-likeness (QED) is 0.883. The third kappa shape index (κ3) is 1.65. The van der Waals surface area contributed by atoms with Gasteiger partial charge in [0.2, 0.25) is 0 Å². The fraction of sp³-hybridized carbons (Fsp3) is 0.583. The molecule has 5 heteroatoms. The summed E-state index contributed by atoms with van der Waals surface area (Å²) in [6.45, 7) is 6.65. The van der Waals surface area contributed by atoms with Crippen molar-refractivity contribution in [2.75, 3.05) is 13.1 Å². The van der Waals surface area contributed by atoms with Gasteiger partial charge < -0.3 is 5.32 Å². The van der Waals surface area contributed by atoms with E-state index in [2.05, 4.69) is 29.1 Å². The number of thiazole rings is 1. The molecule has 1 saturated heterocycles. The molecule has 1 atom stereocenters. The minimum Gasteiger partial charge on any atom is -0.316 e. The third-order valence-electron chi connectivity index (χ3n) is 3.77. The van der Waals surface area contributed by atoms with Crippen LogP contribution < -0.4 is 5.32 Å². The first-order valence-electron chi connectivity index (χ1n) is 6.01. The average Bonchev–Trinajstić information content (AvgIpc) is 2.96. The van der Waals surface area contributed by atoms with Gasteiger partial charge in [0, 0.05) is 24.4 Å². The Hall–Kier alpha value is -1.07. The molecule has 90 valence electrons. The normalized spacial score (nSPS) is 24.9. The van der Waals surface area contributed by atoms with E-state index >= 15 is 0 Å². The zero-order valence-electron chi connectivity index (χ0n) is 10.1. The van der Waals surface area contributed by atoms with E-state index < -0.39 is 0 Å². The lowest BCUT2D eigenvalue weighted by atomic mass is 9.77. The molecule has 0 aliphatic carbocycles. The van der Waals surface area contributed by atoms with Crippen molar-refractivity contribution < 1.29 is 0 Å². The Morgan fingerprint density at radius 3 is 2.82 bits per heavy atom. The standard InChI is InChI=1S/C12H16N4S/c1-8(2)12(3-4-13-7-12)11-16-9-10(17-11)15-6-5-14-9/h5-6,8,13H,3-4,7H2,1-2H3. The van der Waals surface area contributed by atoms with Crippen LogP contribution in [0.2, 0.25) is 0 Å². The lowest BCUT2D eigenvalue weighted by Crippen LogP contribution is -2.34. The lowest BCUT2D eigenvalue weighted by molar-refractivity contribution is 0.336. The molecule has 0 saturated carbocycles. The van der Waals surface area contributed by atoms with Crippen molar-refractivity contribution >= 4 is 21.8 Å². The number of hydrogen-bond donors (Lipinski definition) is 1. The monoisotopic (exact) mass is 248 g/mol. The van der Waals surface area contributed by atoms with E-state index in [0.29, 0.717) is 5.92 Å².